The Hall–Kier alpha value is -0.310. The highest BCUT2D eigenvalue weighted by atomic mass is 79.9. The molecule has 0 rings (SSSR count). The van der Waals surface area contributed by atoms with Crippen LogP contribution in [0.5, 0.6) is 0 Å². The molecule has 0 aromatic rings. The van der Waals surface area contributed by atoms with Crippen molar-refractivity contribution in [3.05, 3.63) is 10.1 Å². The molecule has 174 valence electrons. The number of nitrogens with one attached hydrogen (secondary N) is 1. The van der Waals surface area contributed by atoms with Gasteiger partial charge in [0.2, 0.25) is 0 Å². The van der Waals surface area contributed by atoms with E-state index >= 15 is 0 Å². The topological polar surface area (TPSA) is 363 Å². The monoisotopic (exact) mass is 583 g/mol. The van der Waals surface area contributed by atoms with Gasteiger partial charge in [-0.05, 0) is 0 Å². The van der Waals surface area contributed by atoms with Gasteiger partial charge in [0.15, 0.2) is 0 Å². The van der Waals surface area contributed by atoms with E-state index in [4.69, 9.17) is 69.6 Å². The smallest absolute Gasteiger partial charge is 0.328 e. The van der Waals surface area contributed by atoms with Gasteiger partial charge < -0.3 is 19.9 Å². The standard InChI is InChI=1S/CH5NO3S.BrH.ClH.H3NO3S.HNO3.H3O4P.H2O4S/c1-2-6(3,4)5;;;1-5(2,3)4;2-1(3)4;2*1-5(2,3)4/h2H,1H3,(H,3,4,5);2*1H;(H3,1,2,3,4);(H,2,3,4);(H3,1,2,3,4);(H2,1,2,3,4). The average Bonchev–Trinajstić information content (AvgIpc) is 2.06. The number of nitrogens with zero attached hydrogens (tertiary/aromatic N) is 1. The summed E-state index contributed by atoms with van der Waals surface area (Å²) in [5.74, 6) is 0. The second-order valence-corrected chi connectivity index (χ2v) is 6.70. The van der Waals surface area contributed by atoms with Gasteiger partial charge in [-0.1, -0.05) is 0 Å². The first-order valence-corrected chi connectivity index (χ1v) is 9.92. The Bertz CT molecular complexity index is 635. The summed E-state index contributed by atoms with van der Waals surface area (Å²) in [7, 11) is -16.3. The van der Waals surface area contributed by atoms with Crippen molar-refractivity contribution in [1.29, 1.82) is 0 Å². The van der Waals surface area contributed by atoms with Crippen molar-refractivity contribution in [3.63, 3.8) is 0 Å². The van der Waals surface area contributed by atoms with Crippen molar-refractivity contribution >= 4 is 68.2 Å². The molecule has 0 bridgehead atoms. The summed E-state index contributed by atoms with van der Waals surface area (Å²) < 4.78 is 93.9. The number of phosphoric acid groups is 1. The van der Waals surface area contributed by atoms with Crippen LogP contribution in [-0.4, -0.2) is 75.5 Å². The fraction of sp³-hybridized carbons (Fsp3) is 1.00. The van der Waals surface area contributed by atoms with Gasteiger partial charge in [0.05, 0.1) is 0 Å². The molecule has 0 aromatic heterocycles. The largest absolute Gasteiger partial charge is 0.466 e. The van der Waals surface area contributed by atoms with E-state index in [1.54, 1.807) is 4.72 Å². The molecule has 0 saturated heterocycles. The van der Waals surface area contributed by atoms with Crippen LogP contribution in [0, 0.1) is 10.1 Å². The minimum Gasteiger partial charge on any atom is -0.328 e. The van der Waals surface area contributed by atoms with E-state index in [0.29, 0.717) is 0 Å². The van der Waals surface area contributed by atoms with Gasteiger partial charge in [0, 0.05) is 7.05 Å². The van der Waals surface area contributed by atoms with E-state index < -0.39 is 43.9 Å². The maximum atomic E-state index is 9.44. The van der Waals surface area contributed by atoms with E-state index in [9.17, 15) is 8.42 Å². The summed E-state index contributed by atoms with van der Waals surface area (Å²) in [6, 6.07) is 0. The van der Waals surface area contributed by atoms with E-state index in [2.05, 4.69) is 5.14 Å². The van der Waals surface area contributed by atoms with E-state index in [0.717, 1.165) is 7.05 Å². The van der Waals surface area contributed by atoms with Gasteiger partial charge in [-0.25, -0.2) is 9.70 Å². The predicted octanol–water partition coefficient (Wildman–Crippen LogP) is -3.17. The Morgan fingerprint density at radius 3 is 1.00 bits per heavy atom. The van der Waals surface area contributed by atoms with Gasteiger partial charge in [-0.2, -0.15) is 30.0 Å². The van der Waals surface area contributed by atoms with Crippen LogP contribution in [0.1, 0.15) is 0 Å². The molecular weight excluding hydrogens is 569 g/mol. The zero-order chi connectivity index (χ0) is 22.3. The molecule has 0 atom stereocenters. The molecule has 27 heavy (non-hydrogen) atoms. The van der Waals surface area contributed by atoms with Gasteiger partial charge in [0.25, 0.3) is 5.09 Å². The molecule has 0 aliphatic heterocycles. The molecule has 0 aromatic carbocycles. The summed E-state index contributed by atoms with van der Waals surface area (Å²) in [6.45, 7) is 0. The number of hydrogen-bond acceptors (Lipinski definition) is 9. The maximum absolute atomic E-state index is 9.44. The molecule has 0 amide bonds. The van der Waals surface area contributed by atoms with Gasteiger partial charge in [-0.3, -0.25) is 18.2 Å². The normalized spacial score (nSPS) is 9.96. The first kappa shape index (κ1) is 45.4. The third-order valence-corrected chi connectivity index (χ3v) is 0.774. The van der Waals surface area contributed by atoms with E-state index in [1.807, 2.05) is 0 Å². The Balaban J connectivity index is -0.0000000366. The summed E-state index contributed by atoms with van der Waals surface area (Å²) in [5.41, 5.74) is 0. The van der Waals surface area contributed by atoms with E-state index in [1.165, 1.54) is 0 Å². The predicted molar refractivity (Wildman–Crippen MR) is 91.1 cm³/mol. The molecule has 20 nitrogen and oxygen atoms in total. The lowest BCUT2D eigenvalue weighted by atomic mass is 11.6. The first-order valence-electron chi connectivity index (χ1n) is 4.02. The number of rotatable bonds is 1. The highest BCUT2D eigenvalue weighted by molar-refractivity contribution is 8.93. The zero-order valence-electron chi connectivity index (χ0n) is 12.3. The summed E-state index contributed by atoms with van der Waals surface area (Å²) in [4.78, 5) is 29.9. The van der Waals surface area contributed by atoms with Crippen LogP contribution in [0.3, 0.4) is 0 Å². The first-order chi connectivity index (χ1) is 10.3. The second kappa shape index (κ2) is 20.4. The van der Waals surface area contributed by atoms with Crippen molar-refractivity contribution in [2.45, 2.75) is 0 Å². The van der Waals surface area contributed by atoms with Crippen LogP contribution in [0.25, 0.3) is 0 Å². The number of halogens is 2. The summed E-state index contributed by atoms with van der Waals surface area (Å²) in [5, 5.41) is 17.5. The zero-order valence-corrected chi connectivity index (χ0v) is 18.1. The van der Waals surface area contributed by atoms with E-state index in [-0.39, 0.29) is 29.4 Å². The summed E-state index contributed by atoms with van der Waals surface area (Å²) >= 11 is 0. The van der Waals surface area contributed by atoms with Crippen LogP contribution < -0.4 is 9.86 Å². The SMILES string of the molecule is Br.CNS(=O)(=O)O.Cl.NS(=O)(=O)O.O=P(O)(O)O.O=S(=O)(O)O.O=[N+]([O-])O. The lowest BCUT2D eigenvalue weighted by molar-refractivity contribution is -0.742. The number of nitrogens with two attached hydrogens (primary N) is 1. The Morgan fingerprint density at radius 1 is 0.963 bits per heavy atom. The molecule has 0 fully saturated rings. The van der Waals surface area contributed by atoms with Crippen molar-refractivity contribution in [3.8, 4) is 0 Å². The molecule has 0 aliphatic rings. The third-order valence-electron chi connectivity index (χ3n) is 0.258. The Morgan fingerprint density at radius 2 is 1.00 bits per heavy atom. The third kappa shape index (κ3) is 1990. The number of hydrogen-bond donors (Lipinski definition) is 10. The molecule has 26 heteroatoms. The quantitative estimate of drug-likeness (QED) is 0.0628. The maximum Gasteiger partial charge on any atom is 0.466 e. The molecule has 0 radical (unpaired) electrons. The summed E-state index contributed by atoms with van der Waals surface area (Å²) in [6.07, 6.45) is 0. The molecule has 0 aliphatic carbocycles. The fourth-order valence-corrected chi connectivity index (χ4v) is 0. The van der Waals surface area contributed by atoms with Crippen molar-refractivity contribution in [2.75, 3.05) is 7.05 Å². The minimum atomic E-state index is -4.67. The van der Waals surface area contributed by atoms with Gasteiger partial charge in [-0.15, -0.1) is 39.5 Å². The van der Waals surface area contributed by atoms with Crippen LogP contribution in [-0.2, 0) is 35.6 Å². The lowest BCUT2D eigenvalue weighted by Gasteiger charge is -1.83. The van der Waals surface area contributed by atoms with Gasteiger partial charge >= 0.3 is 38.8 Å². The van der Waals surface area contributed by atoms with Crippen LogP contribution in [0.15, 0.2) is 0 Å². The molecule has 0 saturated carbocycles. The van der Waals surface area contributed by atoms with Crippen LogP contribution >= 0.6 is 37.2 Å². The molecule has 0 spiro atoms. The van der Waals surface area contributed by atoms with Crippen LogP contribution in [0.4, 0.5) is 0 Å². The van der Waals surface area contributed by atoms with Crippen LogP contribution in [0.2, 0.25) is 0 Å². The van der Waals surface area contributed by atoms with Crippen molar-refractivity contribution < 1.29 is 73.0 Å². The molecule has 11 N–H and O–H groups in total. The van der Waals surface area contributed by atoms with Gasteiger partial charge in [0.1, 0.15) is 0 Å². The molecular formula is CH16BrClN3O17PS3. The highest BCUT2D eigenvalue weighted by Crippen LogP contribution is 2.25. The fourth-order valence-electron chi connectivity index (χ4n) is 0. The minimum absolute atomic E-state index is 0. The lowest BCUT2D eigenvalue weighted by Crippen LogP contribution is -2.16. The highest BCUT2D eigenvalue weighted by Gasteiger charge is 2.00. The molecule has 0 heterocycles. The Labute approximate surface area is 168 Å². The second-order valence-electron chi connectivity index (χ2n) is 2.39. The molecule has 0 unspecified atom stereocenters. The Kier molecular flexibility index (Phi) is 34.4. The average molecular weight is 585 g/mol. The van der Waals surface area contributed by atoms with Crippen molar-refractivity contribution in [2.24, 2.45) is 5.14 Å². The van der Waals surface area contributed by atoms with Crippen molar-refractivity contribution in [1.82, 2.24) is 4.72 Å².